The van der Waals surface area contributed by atoms with Crippen LogP contribution < -0.4 is 11.1 Å². The molecule has 1 fully saturated rings. The van der Waals surface area contributed by atoms with E-state index in [9.17, 15) is 9.59 Å². The molecule has 1 aliphatic heterocycles. The van der Waals surface area contributed by atoms with Crippen molar-refractivity contribution in [3.05, 3.63) is 131 Å². The van der Waals surface area contributed by atoms with Crippen LogP contribution in [0.3, 0.4) is 0 Å². The van der Waals surface area contributed by atoms with Crippen molar-refractivity contribution >= 4 is 12.0 Å². The van der Waals surface area contributed by atoms with E-state index in [2.05, 4.69) is 53.8 Å². The SMILES string of the molecule is NC1CC(C(=O)NCC(c2ccccc2)c2ccccc2)CN(C(=O)OCC2c3ccccc3-c3ccccc32)C1. The summed E-state index contributed by atoms with van der Waals surface area (Å²) in [6.45, 7) is 1.36. The van der Waals surface area contributed by atoms with E-state index in [1.807, 2.05) is 60.7 Å². The third kappa shape index (κ3) is 5.74. The van der Waals surface area contributed by atoms with Crippen LogP contribution in [0, 0.1) is 5.92 Å². The molecule has 2 aliphatic rings. The minimum absolute atomic E-state index is 0.0168. The van der Waals surface area contributed by atoms with Gasteiger partial charge in [0.1, 0.15) is 6.61 Å². The fourth-order valence-corrected chi connectivity index (χ4v) is 6.31. The van der Waals surface area contributed by atoms with Gasteiger partial charge in [0, 0.05) is 37.5 Å². The van der Waals surface area contributed by atoms with Gasteiger partial charge in [0.25, 0.3) is 0 Å². The lowest BCUT2D eigenvalue weighted by molar-refractivity contribution is -0.126. The lowest BCUT2D eigenvalue weighted by atomic mass is 9.90. The number of ether oxygens (including phenoxy) is 1. The molecule has 1 heterocycles. The van der Waals surface area contributed by atoms with Crippen LogP contribution in [0.2, 0.25) is 0 Å². The second kappa shape index (κ2) is 12.0. The van der Waals surface area contributed by atoms with E-state index in [1.165, 1.54) is 22.3 Å². The molecule has 0 aromatic heterocycles. The molecule has 0 saturated carbocycles. The van der Waals surface area contributed by atoms with Crippen molar-refractivity contribution in [1.29, 1.82) is 0 Å². The Balaban J connectivity index is 1.09. The van der Waals surface area contributed by atoms with Gasteiger partial charge in [0.15, 0.2) is 0 Å². The Hall–Kier alpha value is -4.42. The number of benzene rings is 4. The monoisotopic (exact) mass is 545 g/mol. The number of nitrogens with zero attached hydrogens (tertiary/aromatic N) is 1. The molecule has 41 heavy (non-hydrogen) atoms. The Labute approximate surface area is 241 Å². The van der Waals surface area contributed by atoms with Gasteiger partial charge in [-0.15, -0.1) is 0 Å². The summed E-state index contributed by atoms with van der Waals surface area (Å²) in [7, 11) is 0. The number of amides is 2. The number of carbonyl (C=O) groups excluding carboxylic acids is 2. The number of likely N-dealkylation sites (tertiary alicyclic amines) is 1. The van der Waals surface area contributed by atoms with Crippen LogP contribution in [0.25, 0.3) is 11.1 Å². The van der Waals surface area contributed by atoms with E-state index in [4.69, 9.17) is 10.5 Å². The molecular weight excluding hydrogens is 510 g/mol. The first-order chi connectivity index (χ1) is 20.1. The third-order valence-corrected chi connectivity index (χ3v) is 8.33. The maximum absolute atomic E-state index is 13.4. The van der Waals surface area contributed by atoms with E-state index in [-0.39, 0.29) is 36.9 Å². The molecule has 0 spiro atoms. The molecule has 208 valence electrons. The van der Waals surface area contributed by atoms with E-state index in [0.29, 0.717) is 19.5 Å². The van der Waals surface area contributed by atoms with Crippen molar-refractivity contribution in [3.8, 4) is 11.1 Å². The molecular formula is C35H35N3O3. The Morgan fingerprint density at radius 2 is 1.32 bits per heavy atom. The van der Waals surface area contributed by atoms with Gasteiger partial charge in [-0.1, -0.05) is 109 Å². The molecule has 2 atom stereocenters. The van der Waals surface area contributed by atoms with Crippen molar-refractivity contribution < 1.29 is 14.3 Å². The fourth-order valence-electron chi connectivity index (χ4n) is 6.31. The second-order valence-corrected chi connectivity index (χ2v) is 11.0. The van der Waals surface area contributed by atoms with Crippen molar-refractivity contribution in [1.82, 2.24) is 10.2 Å². The zero-order valence-electron chi connectivity index (χ0n) is 23.0. The molecule has 0 bridgehead atoms. The van der Waals surface area contributed by atoms with Crippen LogP contribution in [-0.4, -0.2) is 49.2 Å². The predicted molar refractivity (Wildman–Crippen MR) is 160 cm³/mol. The molecule has 6 heteroatoms. The van der Waals surface area contributed by atoms with Crippen molar-refractivity contribution in [3.63, 3.8) is 0 Å². The highest BCUT2D eigenvalue weighted by atomic mass is 16.6. The molecule has 2 unspecified atom stereocenters. The summed E-state index contributed by atoms with van der Waals surface area (Å²) >= 11 is 0. The summed E-state index contributed by atoms with van der Waals surface area (Å²) in [5.41, 5.74) is 13.3. The largest absolute Gasteiger partial charge is 0.448 e. The standard InChI is InChI=1S/C35H35N3O3/c36-27-19-26(34(39)37-20-32(24-11-3-1-4-12-24)25-13-5-2-6-14-25)21-38(22-27)35(40)41-23-33-30-17-9-7-15-28(30)29-16-8-10-18-31(29)33/h1-18,26-27,32-33H,19-23,36H2,(H,37,39). The fraction of sp³-hybridized carbons (Fsp3) is 0.257. The van der Waals surface area contributed by atoms with Crippen molar-refractivity contribution in [2.75, 3.05) is 26.2 Å². The first kappa shape index (κ1) is 26.8. The predicted octanol–water partition coefficient (Wildman–Crippen LogP) is 5.53. The first-order valence-electron chi connectivity index (χ1n) is 14.3. The molecule has 6 nitrogen and oxygen atoms in total. The van der Waals surface area contributed by atoms with Gasteiger partial charge >= 0.3 is 6.09 Å². The minimum atomic E-state index is -0.425. The van der Waals surface area contributed by atoms with Gasteiger partial charge in [-0.05, 0) is 39.8 Å². The van der Waals surface area contributed by atoms with E-state index in [1.54, 1.807) is 4.90 Å². The van der Waals surface area contributed by atoms with Crippen LogP contribution in [0.5, 0.6) is 0 Å². The van der Waals surface area contributed by atoms with Gasteiger partial charge in [-0.25, -0.2) is 4.79 Å². The highest BCUT2D eigenvalue weighted by molar-refractivity contribution is 5.81. The lowest BCUT2D eigenvalue weighted by Gasteiger charge is -2.35. The lowest BCUT2D eigenvalue weighted by Crippen LogP contribution is -2.53. The maximum Gasteiger partial charge on any atom is 0.409 e. The number of hydrogen-bond donors (Lipinski definition) is 2. The Morgan fingerprint density at radius 3 is 1.90 bits per heavy atom. The quantitative estimate of drug-likeness (QED) is 0.320. The number of hydrogen-bond acceptors (Lipinski definition) is 4. The van der Waals surface area contributed by atoms with Gasteiger partial charge in [0.2, 0.25) is 5.91 Å². The van der Waals surface area contributed by atoms with Crippen LogP contribution in [0.1, 0.15) is 40.5 Å². The number of nitrogens with two attached hydrogens (primary N) is 1. The summed E-state index contributed by atoms with van der Waals surface area (Å²) in [5.74, 6) is -0.478. The van der Waals surface area contributed by atoms with Gasteiger partial charge in [-0.3, -0.25) is 4.79 Å². The highest BCUT2D eigenvalue weighted by Crippen LogP contribution is 2.44. The molecule has 1 aliphatic carbocycles. The van der Waals surface area contributed by atoms with Crippen molar-refractivity contribution in [2.45, 2.75) is 24.3 Å². The second-order valence-electron chi connectivity index (χ2n) is 11.0. The third-order valence-electron chi connectivity index (χ3n) is 8.33. The van der Waals surface area contributed by atoms with E-state index >= 15 is 0 Å². The van der Waals surface area contributed by atoms with Crippen LogP contribution >= 0.6 is 0 Å². The van der Waals surface area contributed by atoms with Crippen LogP contribution in [0.15, 0.2) is 109 Å². The average molecular weight is 546 g/mol. The normalized spacial score (nSPS) is 18.0. The van der Waals surface area contributed by atoms with Crippen LogP contribution in [0.4, 0.5) is 4.79 Å². The summed E-state index contributed by atoms with van der Waals surface area (Å²) in [5, 5.41) is 3.15. The Kier molecular flexibility index (Phi) is 7.83. The summed E-state index contributed by atoms with van der Waals surface area (Å²) < 4.78 is 5.87. The molecule has 6 rings (SSSR count). The summed E-state index contributed by atoms with van der Waals surface area (Å²) in [6.07, 6.45) is 0.103. The highest BCUT2D eigenvalue weighted by Gasteiger charge is 2.35. The smallest absolute Gasteiger partial charge is 0.409 e. The van der Waals surface area contributed by atoms with E-state index < -0.39 is 12.0 Å². The minimum Gasteiger partial charge on any atom is -0.448 e. The van der Waals surface area contributed by atoms with E-state index in [0.717, 1.165) is 11.1 Å². The zero-order chi connectivity index (χ0) is 28.2. The molecule has 0 radical (unpaired) electrons. The molecule has 1 saturated heterocycles. The Bertz CT molecular complexity index is 1400. The summed E-state index contributed by atoms with van der Waals surface area (Å²) in [4.78, 5) is 28.2. The topological polar surface area (TPSA) is 84.7 Å². The van der Waals surface area contributed by atoms with Gasteiger partial charge in [0.05, 0.1) is 5.92 Å². The number of carbonyl (C=O) groups is 2. The summed E-state index contributed by atoms with van der Waals surface area (Å²) in [6, 6.07) is 36.6. The van der Waals surface area contributed by atoms with Gasteiger partial charge in [-0.2, -0.15) is 0 Å². The molecule has 2 amide bonds. The molecule has 4 aromatic carbocycles. The number of rotatable bonds is 7. The average Bonchev–Trinajstić information content (AvgIpc) is 3.34. The van der Waals surface area contributed by atoms with Crippen LogP contribution in [-0.2, 0) is 9.53 Å². The number of fused-ring (bicyclic) bond motifs is 3. The number of piperidine rings is 1. The molecule has 3 N–H and O–H groups in total. The zero-order valence-corrected chi connectivity index (χ0v) is 23.0. The van der Waals surface area contributed by atoms with Crippen molar-refractivity contribution in [2.24, 2.45) is 11.7 Å². The Morgan fingerprint density at radius 1 is 0.780 bits per heavy atom. The first-order valence-corrected chi connectivity index (χ1v) is 14.3. The van der Waals surface area contributed by atoms with Gasteiger partial charge < -0.3 is 20.7 Å². The number of nitrogens with one attached hydrogen (secondary N) is 1. The maximum atomic E-state index is 13.4. The molecule has 4 aromatic rings.